The van der Waals surface area contributed by atoms with Crippen molar-refractivity contribution in [1.29, 1.82) is 0 Å². The van der Waals surface area contributed by atoms with Crippen molar-refractivity contribution in [3.63, 3.8) is 0 Å². The first kappa shape index (κ1) is 13.9. The van der Waals surface area contributed by atoms with Crippen molar-refractivity contribution in [2.75, 3.05) is 13.2 Å². The molecule has 0 atom stereocenters. The van der Waals surface area contributed by atoms with E-state index in [9.17, 15) is 9.59 Å². The SMILES string of the molecule is O=COCCCCCCCCCOC=O. The molecule has 0 spiro atoms. The van der Waals surface area contributed by atoms with Gasteiger partial charge < -0.3 is 9.47 Å². The van der Waals surface area contributed by atoms with Crippen LogP contribution in [0.25, 0.3) is 0 Å². The van der Waals surface area contributed by atoms with E-state index in [4.69, 9.17) is 0 Å². The number of hydrogen-bond donors (Lipinski definition) is 0. The van der Waals surface area contributed by atoms with Gasteiger partial charge in [0.2, 0.25) is 0 Å². The molecule has 0 aromatic carbocycles. The molecule has 0 saturated carbocycles. The van der Waals surface area contributed by atoms with E-state index in [0.29, 0.717) is 26.2 Å². The van der Waals surface area contributed by atoms with Crippen LogP contribution < -0.4 is 0 Å². The van der Waals surface area contributed by atoms with Crippen molar-refractivity contribution < 1.29 is 19.1 Å². The molecule has 15 heavy (non-hydrogen) atoms. The largest absolute Gasteiger partial charge is 0.468 e. The Balaban J connectivity index is 2.86. The van der Waals surface area contributed by atoms with Gasteiger partial charge >= 0.3 is 0 Å². The molecule has 4 heteroatoms. The molecule has 0 bridgehead atoms. The fourth-order valence-corrected chi connectivity index (χ4v) is 1.35. The van der Waals surface area contributed by atoms with Gasteiger partial charge in [-0.15, -0.1) is 0 Å². The summed E-state index contributed by atoms with van der Waals surface area (Å²) in [5.74, 6) is 0. The predicted octanol–water partition coefficient (Wildman–Crippen LogP) is 2.06. The van der Waals surface area contributed by atoms with Crippen LogP contribution in [0.2, 0.25) is 0 Å². The van der Waals surface area contributed by atoms with Crippen molar-refractivity contribution in [2.45, 2.75) is 44.9 Å². The summed E-state index contributed by atoms with van der Waals surface area (Å²) in [7, 11) is 0. The minimum atomic E-state index is 0.493. The normalized spacial score (nSPS) is 9.60. The Hall–Kier alpha value is -1.06. The molecule has 0 heterocycles. The van der Waals surface area contributed by atoms with E-state index in [1.807, 2.05) is 0 Å². The molecule has 0 aromatic rings. The number of rotatable bonds is 12. The zero-order valence-corrected chi connectivity index (χ0v) is 9.15. The Morgan fingerprint density at radius 1 is 0.600 bits per heavy atom. The lowest BCUT2D eigenvalue weighted by Crippen LogP contribution is -1.92. The molecule has 0 N–H and O–H groups in total. The minimum Gasteiger partial charge on any atom is -0.468 e. The highest BCUT2D eigenvalue weighted by Gasteiger charge is 1.92. The first-order valence-electron chi connectivity index (χ1n) is 5.52. The quantitative estimate of drug-likeness (QED) is 0.370. The zero-order valence-electron chi connectivity index (χ0n) is 9.15. The van der Waals surface area contributed by atoms with Crippen LogP contribution >= 0.6 is 0 Å². The van der Waals surface area contributed by atoms with E-state index in [0.717, 1.165) is 25.7 Å². The van der Waals surface area contributed by atoms with E-state index in [1.165, 1.54) is 19.3 Å². The number of hydrogen-bond acceptors (Lipinski definition) is 4. The average Bonchev–Trinajstić information content (AvgIpc) is 2.26. The summed E-state index contributed by atoms with van der Waals surface area (Å²) in [6, 6.07) is 0. The van der Waals surface area contributed by atoms with Gasteiger partial charge in [0, 0.05) is 0 Å². The zero-order chi connectivity index (χ0) is 11.2. The van der Waals surface area contributed by atoms with Crippen molar-refractivity contribution in [1.82, 2.24) is 0 Å². The first-order valence-corrected chi connectivity index (χ1v) is 5.52. The summed E-state index contributed by atoms with van der Waals surface area (Å²) >= 11 is 0. The van der Waals surface area contributed by atoms with Crippen LogP contribution in [0.1, 0.15) is 44.9 Å². The van der Waals surface area contributed by atoms with Crippen molar-refractivity contribution in [3.05, 3.63) is 0 Å². The van der Waals surface area contributed by atoms with Crippen LogP contribution in [0, 0.1) is 0 Å². The predicted molar refractivity (Wildman–Crippen MR) is 56.4 cm³/mol. The van der Waals surface area contributed by atoms with Gasteiger partial charge in [-0.3, -0.25) is 9.59 Å². The van der Waals surface area contributed by atoms with Crippen molar-refractivity contribution in [2.24, 2.45) is 0 Å². The van der Waals surface area contributed by atoms with E-state index in [2.05, 4.69) is 9.47 Å². The van der Waals surface area contributed by atoms with Gasteiger partial charge in [-0.2, -0.15) is 0 Å². The van der Waals surface area contributed by atoms with Crippen LogP contribution in [-0.2, 0) is 19.1 Å². The average molecular weight is 216 g/mol. The van der Waals surface area contributed by atoms with Crippen LogP contribution in [0.4, 0.5) is 0 Å². The third-order valence-corrected chi connectivity index (χ3v) is 2.16. The molecule has 0 aromatic heterocycles. The Morgan fingerprint density at radius 3 is 1.27 bits per heavy atom. The Kier molecular flexibility index (Phi) is 12.0. The van der Waals surface area contributed by atoms with Gasteiger partial charge in [0.05, 0.1) is 13.2 Å². The maximum absolute atomic E-state index is 9.81. The lowest BCUT2D eigenvalue weighted by molar-refractivity contribution is -0.129. The molecular weight excluding hydrogens is 196 g/mol. The highest BCUT2D eigenvalue weighted by Crippen LogP contribution is 2.07. The molecule has 0 aliphatic carbocycles. The molecule has 0 fully saturated rings. The molecule has 0 amide bonds. The Morgan fingerprint density at radius 2 is 0.933 bits per heavy atom. The Labute approximate surface area is 90.9 Å². The number of carbonyl (C=O) groups is 2. The maximum Gasteiger partial charge on any atom is 0.293 e. The summed E-state index contributed by atoms with van der Waals surface area (Å²) < 4.78 is 9.15. The van der Waals surface area contributed by atoms with E-state index < -0.39 is 0 Å². The molecule has 0 saturated heterocycles. The molecule has 0 unspecified atom stereocenters. The third kappa shape index (κ3) is 12.9. The second-order valence-electron chi connectivity index (χ2n) is 3.41. The minimum absolute atomic E-state index is 0.493. The highest BCUT2D eigenvalue weighted by molar-refractivity contribution is 5.36. The third-order valence-electron chi connectivity index (χ3n) is 2.16. The first-order chi connectivity index (χ1) is 7.41. The number of carbonyl (C=O) groups excluding carboxylic acids is 2. The van der Waals surface area contributed by atoms with Crippen LogP contribution in [0.3, 0.4) is 0 Å². The van der Waals surface area contributed by atoms with E-state index in [1.54, 1.807) is 0 Å². The summed E-state index contributed by atoms with van der Waals surface area (Å²) in [4.78, 5) is 19.6. The fourth-order valence-electron chi connectivity index (χ4n) is 1.35. The van der Waals surface area contributed by atoms with Crippen molar-refractivity contribution >= 4 is 12.9 Å². The molecule has 4 nitrogen and oxygen atoms in total. The van der Waals surface area contributed by atoms with E-state index >= 15 is 0 Å². The van der Waals surface area contributed by atoms with Crippen molar-refractivity contribution in [3.8, 4) is 0 Å². The molecule has 88 valence electrons. The molecular formula is C11H20O4. The number of ether oxygens (including phenoxy) is 2. The lowest BCUT2D eigenvalue weighted by Gasteiger charge is -2.01. The van der Waals surface area contributed by atoms with Gasteiger partial charge in [0.25, 0.3) is 12.9 Å². The number of unbranched alkanes of at least 4 members (excludes halogenated alkanes) is 6. The maximum atomic E-state index is 9.81. The molecule has 0 radical (unpaired) electrons. The van der Waals surface area contributed by atoms with E-state index in [-0.39, 0.29) is 0 Å². The summed E-state index contributed by atoms with van der Waals surface area (Å²) in [6.07, 6.45) is 7.67. The summed E-state index contributed by atoms with van der Waals surface area (Å²) in [5.41, 5.74) is 0. The molecule has 0 rings (SSSR count). The van der Waals surface area contributed by atoms with Gasteiger partial charge in [0.1, 0.15) is 0 Å². The van der Waals surface area contributed by atoms with Gasteiger partial charge in [-0.05, 0) is 12.8 Å². The fraction of sp³-hybridized carbons (Fsp3) is 0.818. The van der Waals surface area contributed by atoms with Gasteiger partial charge in [-0.1, -0.05) is 32.1 Å². The van der Waals surface area contributed by atoms with Crippen LogP contribution in [0.15, 0.2) is 0 Å². The van der Waals surface area contributed by atoms with Crippen LogP contribution in [-0.4, -0.2) is 26.2 Å². The highest BCUT2D eigenvalue weighted by atomic mass is 16.5. The second kappa shape index (κ2) is 12.9. The van der Waals surface area contributed by atoms with Crippen LogP contribution in [0.5, 0.6) is 0 Å². The monoisotopic (exact) mass is 216 g/mol. The lowest BCUT2D eigenvalue weighted by atomic mass is 10.1. The standard InChI is InChI=1S/C11H20O4/c12-10-14-8-6-4-2-1-3-5-7-9-15-11-13/h10-11H,1-9H2. The second-order valence-corrected chi connectivity index (χ2v) is 3.41. The molecule has 0 aliphatic heterocycles. The smallest absolute Gasteiger partial charge is 0.293 e. The summed E-state index contributed by atoms with van der Waals surface area (Å²) in [5, 5.41) is 0. The topological polar surface area (TPSA) is 52.6 Å². The molecule has 0 aliphatic rings. The summed E-state index contributed by atoms with van der Waals surface area (Å²) in [6.45, 7) is 2.06. The Bertz CT molecular complexity index is 132. The van der Waals surface area contributed by atoms with Gasteiger partial charge in [-0.25, -0.2) is 0 Å². The van der Waals surface area contributed by atoms with Gasteiger partial charge in [0.15, 0.2) is 0 Å².